The van der Waals surface area contributed by atoms with E-state index >= 15 is 0 Å². The van der Waals surface area contributed by atoms with Crippen molar-refractivity contribution in [2.75, 3.05) is 13.6 Å². The molecule has 108 valence electrons. The molecule has 0 bridgehead atoms. The molecule has 1 amide bonds. The van der Waals surface area contributed by atoms with E-state index < -0.39 is 12.6 Å². The highest BCUT2D eigenvalue weighted by molar-refractivity contribution is 5.81. The Morgan fingerprint density at radius 2 is 1.89 bits per heavy atom. The smallest absolute Gasteiger partial charge is 0.345 e. The molecule has 18 heavy (non-hydrogen) atoms. The van der Waals surface area contributed by atoms with Crippen LogP contribution < -0.4 is 5.32 Å². The second-order valence-electron chi connectivity index (χ2n) is 4.65. The number of nitrogens with zero attached hydrogens (tertiary/aromatic N) is 1. The van der Waals surface area contributed by atoms with E-state index in [4.69, 9.17) is 0 Å². The molecule has 0 aliphatic rings. The number of halogens is 3. The summed E-state index contributed by atoms with van der Waals surface area (Å²) in [5.41, 5.74) is 0. The lowest BCUT2D eigenvalue weighted by atomic mass is 10.1. The van der Waals surface area contributed by atoms with E-state index in [2.05, 4.69) is 5.32 Å². The molecule has 1 N–H and O–H groups in total. The first-order valence-corrected chi connectivity index (χ1v) is 6.25. The van der Waals surface area contributed by atoms with Crippen molar-refractivity contribution in [1.82, 2.24) is 10.2 Å². The molecule has 0 aliphatic heterocycles. The Hall–Kier alpha value is -0.780. The fourth-order valence-electron chi connectivity index (χ4n) is 1.68. The van der Waals surface area contributed by atoms with Gasteiger partial charge in [-0.2, -0.15) is 13.2 Å². The molecule has 2 atom stereocenters. The fraction of sp³-hybridized carbons (Fsp3) is 0.917. The highest BCUT2D eigenvalue weighted by atomic mass is 19.4. The van der Waals surface area contributed by atoms with Crippen LogP contribution in [0, 0.1) is 0 Å². The molecule has 0 saturated heterocycles. The summed E-state index contributed by atoms with van der Waals surface area (Å²) >= 11 is 0. The van der Waals surface area contributed by atoms with Gasteiger partial charge in [-0.25, -0.2) is 0 Å². The van der Waals surface area contributed by atoms with Crippen molar-refractivity contribution in [1.29, 1.82) is 0 Å². The number of nitrogens with one attached hydrogen (secondary N) is 1. The van der Waals surface area contributed by atoms with Crippen LogP contribution in [-0.2, 0) is 4.79 Å². The lowest BCUT2D eigenvalue weighted by Crippen LogP contribution is -2.46. The first kappa shape index (κ1) is 17.2. The van der Waals surface area contributed by atoms with Gasteiger partial charge in [-0.1, -0.05) is 0 Å². The van der Waals surface area contributed by atoms with Crippen molar-refractivity contribution >= 4 is 5.91 Å². The van der Waals surface area contributed by atoms with Crippen LogP contribution in [0.5, 0.6) is 0 Å². The second-order valence-corrected chi connectivity index (χ2v) is 4.65. The van der Waals surface area contributed by atoms with Crippen molar-refractivity contribution in [3.8, 4) is 0 Å². The third kappa shape index (κ3) is 7.53. The van der Waals surface area contributed by atoms with Crippen molar-refractivity contribution in [2.45, 2.75) is 58.3 Å². The van der Waals surface area contributed by atoms with Crippen LogP contribution in [0.3, 0.4) is 0 Å². The number of hydrogen-bond acceptors (Lipinski definition) is 2. The Morgan fingerprint density at radius 1 is 1.33 bits per heavy atom. The van der Waals surface area contributed by atoms with E-state index in [0.717, 1.165) is 0 Å². The molecule has 3 nitrogen and oxygen atoms in total. The van der Waals surface area contributed by atoms with E-state index in [1.165, 1.54) is 0 Å². The normalized spacial score (nSPS) is 15.3. The van der Waals surface area contributed by atoms with E-state index in [9.17, 15) is 18.0 Å². The summed E-state index contributed by atoms with van der Waals surface area (Å²) in [4.78, 5) is 13.3. The predicted octanol–water partition coefficient (Wildman–Crippen LogP) is 2.56. The number of alkyl halides is 3. The maximum absolute atomic E-state index is 12.0. The van der Waals surface area contributed by atoms with E-state index in [1.54, 1.807) is 25.8 Å². The predicted molar refractivity (Wildman–Crippen MR) is 65.3 cm³/mol. The zero-order valence-electron chi connectivity index (χ0n) is 11.5. The molecule has 0 aromatic heterocycles. The number of carbonyl (C=O) groups excluding carboxylic acids is 1. The van der Waals surface area contributed by atoms with Gasteiger partial charge in [0.1, 0.15) is 0 Å². The van der Waals surface area contributed by atoms with Gasteiger partial charge in [-0.3, -0.25) is 4.79 Å². The van der Waals surface area contributed by atoms with Gasteiger partial charge in [0.2, 0.25) is 5.91 Å². The van der Waals surface area contributed by atoms with Crippen LogP contribution in [0.1, 0.15) is 40.0 Å². The molecule has 0 aliphatic carbocycles. The number of amides is 1. The summed E-state index contributed by atoms with van der Waals surface area (Å²) in [5.74, 6) is -0.0415. The molecule has 0 aromatic carbocycles. The summed E-state index contributed by atoms with van der Waals surface area (Å²) in [7, 11) is 1.70. The molecule has 2 unspecified atom stereocenters. The minimum atomic E-state index is -4.09. The molecule has 0 aromatic rings. The van der Waals surface area contributed by atoms with E-state index in [-0.39, 0.29) is 24.4 Å². The Balaban J connectivity index is 3.94. The van der Waals surface area contributed by atoms with E-state index in [1.807, 2.05) is 6.92 Å². The van der Waals surface area contributed by atoms with E-state index in [0.29, 0.717) is 13.0 Å². The van der Waals surface area contributed by atoms with Crippen molar-refractivity contribution in [3.63, 3.8) is 0 Å². The molecular formula is C12H23F3N2O. The minimum absolute atomic E-state index is 0.0415. The molecule has 0 heterocycles. The van der Waals surface area contributed by atoms with Crippen molar-refractivity contribution in [2.24, 2.45) is 0 Å². The van der Waals surface area contributed by atoms with Crippen LogP contribution in [0.25, 0.3) is 0 Å². The van der Waals surface area contributed by atoms with Gasteiger partial charge < -0.3 is 10.2 Å². The maximum atomic E-state index is 12.0. The number of hydrogen-bond donors (Lipinski definition) is 1. The number of rotatable bonds is 7. The standard InChI is InChI=1S/C12H23F3N2O/c1-5-17(4)11(18)10(3)16-9(2)7-6-8-12(13,14)15/h9-10,16H,5-8H2,1-4H3. The van der Waals surface area contributed by atoms with Crippen LogP contribution in [0.2, 0.25) is 0 Å². The number of carbonyl (C=O) groups is 1. The van der Waals surface area contributed by atoms with Gasteiger partial charge in [0.15, 0.2) is 0 Å². The first-order chi connectivity index (χ1) is 8.17. The molecule has 0 saturated carbocycles. The zero-order chi connectivity index (χ0) is 14.3. The molecule has 0 fully saturated rings. The monoisotopic (exact) mass is 268 g/mol. The topological polar surface area (TPSA) is 32.3 Å². The SMILES string of the molecule is CCN(C)C(=O)C(C)NC(C)CCCC(F)(F)F. The Bertz CT molecular complexity index is 256. The average Bonchev–Trinajstić information content (AvgIpc) is 2.24. The first-order valence-electron chi connectivity index (χ1n) is 6.25. The Labute approximate surface area is 107 Å². The third-order valence-electron chi connectivity index (χ3n) is 2.85. The van der Waals surface area contributed by atoms with Crippen LogP contribution in [0.15, 0.2) is 0 Å². The van der Waals surface area contributed by atoms with Crippen molar-refractivity contribution in [3.05, 3.63) is 0 Å². The molecule has 0 rings (SSSR count). The quantitative estimate of drug-likeness (QED) is 0.769. The largest absolute Gasteiger partial charge is 0.389 e. The highest BCUT2D eigenvalue weighted by Crippen LogP contribution is 2.22. The molecule has 0 radical (unpaired) electrons. The third-order valence-corrected chi connectivity index (χ3v) is 2.85. The molecule has 6 heteroatoms. The summed E-state index contributed by atoms with van der Waals surface area (Å²) in [6.45, 7) is 6.02. The summed E-state index contributed by atoms with van der Waals surface area (Å²) in [5, 5.41) is 3.02. The van der Waals surface area contributed by atoms with Crippen LogP contribution >= 0.6 is 0 Å². The van der Waals surface area contributed by atoms with Gasteiger partial charge in [-0.15, -0.1) is 0 Å². The maximum Gasteiger partial charge on any atom is 0.389 e. The van der Waals surface area contributed by atoms with Crippen LogP contribution in [-0.4, -0.2) is 42.7 Å². The summed E-state index contributed by atoms with van der Waals surface area (Å²) in [6.07, 6.45) is -4.37. The Morgan fingerprint density at radius 3 is 2.33 bits per heavy atom. The average molecular weight is 268 g/mol. The van der Waals surface area contributed by atoms with Crippen molar-refractivity contribution < 1.29 is 18.0 Å². The molecular weight excluding hydrogens is 245 g/mol. The van der Waals surface area contributed by atoms with Gasteiger partial charge >= 0.3 is 6.18 Å². The molecule has 0 spiro atoms. The lowest BCUT2D eigenvalue weighted by molar-refractivity contribution is -0.136. The van der Waals surface area contributed by atoms with Gasteiger partial charge in [0.05, 0.1) is 6.04 Å². The van der Waals surface area contributed by atoms with Crippen LogP contribution in [0.4, 0.5) is 13.2 Å². The summed E-state index contributed by atoms with van der Waals surface area (Å²) < 4.78 is 35.9. The Kier molecular flexibility index (Phi) is 7.28. The zero-order valence-corrected chi connectivity index (χ0v) is 11.5. The fourth-order valence-corrected chi connectivity index (χ4v) is 1.68. The highest BCUT2D eigenvalue weighted by Gasteiger charge is 2.26. The van der Waals surface area contributed by atoms with Gasteiger partial charge in [0.25, 0.3) is 0 Å². The van der Waals surface area contributed by atoms with Gasteiger partial charge in [-0.05, 0) is 33.6 Å². The van der Waals surface area contributed by atoms with Gasteiger partial charge in [0, 0.05) is 26.1 Å². The number of likely N-dealkylation sites (N-methyl/N-ethyl adjacent to an activating group) is 1. The minimum Gasteiger partial charge on any atom is -0.345 e. The summed E-state index contributed by atoms with van der Waals surface area (Å²) in [6, 6.07) is -0.465. The second kappa shape index (κ2) is 7.61. The lowest BCUT2D eigenvalue weighted by Gasteiger charge is -2.24.